The molecule has 0 bridgehead atoms. The van der Waals surface area contributed by atoms with Crippen molar-refractivity contribution >= 4 is 22.6 Å². The zero-order chi connectivity index (χ0) is 21.2. The molecule has 3 aromatic heterocycles. The number of hydrogen-bond acceptors (Lipinski definition) is 3. The Kier molecular flexibility index (Phi) is 5.28. The van der Waals surface area contributed by atoms with Crippen molar-refractivity contribution in [1.82, 2.24) is 19.3 Å². The van der Waals surface area contributed by atoms with Gasteiger partial charge in [-0.3, -0.25) is 14.2 Å². The van der Waals surface area contributed by atoms with E-state index in [0.29, 0.717) is 23.3 Å². The molecule has 0 aliphatic heterocycles. The van der Waals surface area contributed by atoms with E-state index in [1.54, 1.807) is 10.8 Å². The molecule has 158 valence electrons. The van der Waals surface area contributed by atoms with Crippen molar-refractivity contribution in [2.45, 2.75) is 51.1 Å². The molecule has 0 saturated heterocycles. The van der Waals surface area contributed by atoms with Crippen molar-refractivity contribution in [2.75, 3.05) is 0 Å². The highest BCUT2D eigenvalue weighted by atomic mass is 16.1. The Morgan fingerprint density at radius 2 is 1.81 bits per heavy atom. The molecule has 0 spiro atoms. The Morgan fingerprint density at radius 3 is 2.65 bits per heavy atom. The largest absolute Gasteiger partial charge is 0.349 e. The Morgan fingerprint density at radius 1 is 1.00 bits per heavy atom. The van der Waals surface area contributed by atoms with Gasteiger partial charge in [-0.05, 0) is 54.8 Å². The molecule has 6 nitrogen and oxygen atoms in total. The lowest BCUT2D eigenvalue weighted by Gasteiger charge is -2.17. The van der Waals surface area contributed by atoms with Gasteiger partial charge in [-0.25, -0.2) is 4.98 Å². The van der Waals surface area contributed by atoms with Crippen LogP contribution in [0.25, 0.3) is 16.7 Å². The molecule has 1 saturated carbocycles. The second-order valence-electron chi connectivity index (χ2n) is 8.36. The normalized spacial score (nSPS) is 15.2. The van der Waals surface area contributed by atoms with E-state index >= 15 is 0 Å². The van der Waals surface area contributed by atoms with E-state index in [1.165, 1.54) is 25.7 Å². The maximum atomic E-state index is 13.1. The average Bonchev–Trinajstić information content (AvgIpc) is 3.16. The Labute approximate surface area is 180 Å². The Hall–Kier alpha value is -3.41. The maximum absolute atomic E-state index is 13.1. The van der Waals surface area contributed by atoms with Crippen LogP contribution in [0.2, 0.25) is 0 Å². The fraction of sp³-hybridized carbons (Fsp3) is 0.320. The number of carbonyl (C=O) groups is 1. The van der Waals surface area contributed by atoms with Crippen LogP contribution >= 0.6 is 0 Å². The number of hydrogen-bond donors (Lipinski definition) is 1. The van der Waals surface area contributed by atoms with E-state index in [9.17, 15) is 9.59 Å². The zero-order valence-corrected chi connectivity index (χ0v) is 17.5. The first-order valence-corrected chi connectivity index (χ1v) is 11.0. The van der Waals surface area contributed by atoms with E-state index in [-0.39, 0.29) is 17.5 Å². The predicted octanol–water partition coefficient (Wildman–Crippen LogP) is 4.15. The van der Waals surface area contributed by atoms with E-state index in [1.807, 2.05) is 59.1 Å². The lowest BCUT2D eigenvalue weighted by molar-refractivity contribution is 0.0933. The van der Waals surface area contributed by atoms with Crippen LogP contribution in [-0.2, 0) is 6.54 Å². The van der Waals surface area contributed by atoms with Crippen LogP contribution in [0.1, 0.15) is 54.4 Å². The number of nitrogens with one attached hydrogen (secondary N) is 1. The first-order chi connectivity index (χ1) is 15.2. The van der Waals surface area contributed by atoms with Crippen LogP contribution in [0.4, 0.5) is 0 Å². The van der Waals surface area contributed by atoms with E-state index in [2.05, 4.69) is 10.3 Å². The lowest BCUT2D eigenvalue weighted by atomic mass is 10.1. The summed E-state index contributed by atoms with van der Waals surface area (Å²) in [5.41, 5.74) is 3.57. The summed E-state index contributed by atoms with van der Waals surface area (Å²) in [7, 11) is 0. The van der Waals surface area contributed by atoms with Crippen LogP contribution in [0.5, 0.6) is 0 Å². The minimum atomic E-state index is -0.0930. The number of benzene rings is 1. The fourth-order valence-corrected chi connectivity index (χ4v) is 4.62. The van der Waals surface area contributed by atoms with E-state index < -0.39 is 0 Å². The van der Waals surface area contributed by atoms with Gasteiger partial charge in [0, 0.05) is 24.0 Å². The number of carbonyl (C=O) groups excluding carboxylic acids is 1. The van der Waals surface area contributed by atoms with Gasteiger partial charge in [0.1, 0.15) is 5.52 Å². The third-order valence-corrected chi connectivity index (χ3v) is 6.21. The quantitative estimate of drug-likeness (QED) is 0.510. The Balaban J connectivity index is 1.46. The minimum Gasteiger partial charge on any atom is -0.349 e. The summed E-state index contributed by atoms with van der Waals surface area (Å²) in [5.74, 6) is -0.0360. The number of nitrogens with zero attached hydrogens (tertiary/aromatic N) is 3. The Bertz CT molecular complexity index is 1300. The van der Waals surface area contributed by atoms with Crippen LogP contribution in [0.15, 0.2) is 65.7 Å². The van der Waals surface area contributed by atoms with Crippen molar-refractivity contribution < 1.29 is 4.79 Å². The molecule has 4 aromatic rings. The number of amides is 1. The standard InChI is InChI=1S/C25H26N4O2/c30-24(27-20-10-3-1-2-4-11-20)19-9-5-8-18(16-19)17-29-23-21(12-6-14-26-23)28-15-7-13-22(28)25(29)31/h5-9,12-16,20H,1-4,10-11,17H2,(H,27,30). The van der Waals surface area contributed by atoms with Crippen LogP contribution < -0.4 is 10.9 Å². The number of pyridine rings is 1. The second-order valence-corrected chi connectivity index (χ2v) is 8.36. The molecule has 1 aliphatic rings. The lowest BCUT2D eigenvalue weighted by Crippen LogP contribution is -2.34. The van der Waals surface area contributed by atoms with Crippen LogP contribution in [0, 0.1) is 0 Å². The highest BCUT2D eigenvalue weighted by Crippen LogP contribution is 2.18. The maximum Gasteiger partial charge on any atom is 0.276 e. The number of aromatic nitrogens is 3. The first-order valence-electron chi connectivity index (χ1n) is 11.0. The molecule has 1 fully saturated rings. The molecule has 1 aliphatic carbocycles. The van der Waals surface area contributed by atoms with Crippen molar-refractivity contribution in [3.8, 4) is 0 Å². The molecular formula is C25H26N4O2. The highest BCUT2D eigenvalue weighted by molar-refractivity contribution is 5.94. The number of rotatable bonds is 4. The van der Waals surface area contributed by atoms with Gasteiger partial charge >= 0.3 is 0 Å². The van der Waals surface area contributed by atoms with Crippen LogP contribution in [0.3, 0.4) is 0 Å². The summed E-state index contributed by atoms with van der Waals surface area (Å²) < 4.78 is 3.56. The molecule has 6 heteroatoms. The molecule has 3 heterocycles. The van der Waals surface area contributed by atoms with Gasteiger partial charge in [0.05, 0.1) is 12.1 Å². The SMILES string of the molecule is O=C(NC1CCCCCC1)c1cccc(Cn2c(=O)c3cccn3c3cccnc32)c1. The van der Waals surface area contributed by atoms with Crippen molar-refractivity contribution in [3.63, 3.8) is 0 Å². The summed E-state index contributed by atoms with van der Waals surface area (Å²) in [4.78, 5) is 30.5. The zero-order valence-electron chi connectivity index (χ0n) is 17.5. The number of fused-ring (bicyclic) bond motifs is 3. The van der Waals surface area contributed by atoms with Gasteiger partial charge in [0.15, 0.2) is 5.65 Å². The molecule has 0 unspecified atom stereocenters. The van der Waals surface area contributed by atoms with Crippen molar-refractivity contribution in [3.05, 3.63) is 82.4 Å². The van der Waals surface area contributed by atoms with Crippen molar-refractivity contribution in [2.24, 2.45) is 0 Å². The molecule has 1 N–H and O–H groups in total. The second kappa shape index (κ2) is 8.38. The molecule has 0 radical (unpaired) electrons. The average molecular weight is 415 g/mol. The van der Waals surface area contributed by atoms with Gasteiger partial charge in [0.25, 0.3) is 11.5 Å². The summed E-state index contributed by atoms with van der Waals surface area (Å²) in [6.45, 7) is 0.360. The minimum absolute atomic E-state index is 0.0360. The smallest absolute Gasteiger partial charge is 0.276 e. The van der Waals surface area contributed by atoms with E-state index in [0.717, 1.165) is 23.9 Å². The van der Waals surface area contributed by atoms with Gasteiger partial charge in [-0.1, -0.05) is 37.8 Å². The summed E-state index contributed by atoms with van der Waals surface area (Å²) in [6.07, 6.45) is 10.5. The summed E-state index contributed by atoms with van der Waals surface area (Å²) in [5, 5.41) is 3.20. The van der Waals surface area contributed by atoms with Gasteiger partial charge in [0.2, 0.25) is 0 Å². The molecular weight excluding hydrogens is 388 g/mol. The molecule has 1 aromatic carbocycles. The third-order valence-electron chi connectivity index (χ3n) is 6.21. The molecule has 0 atom stereocenters. The van der Waals surface area contributed by atoms with Gasteiger partial charge < -0.3 is 9.72 Å². The summed E-state index contributed by atoms with van der Waals surface area (Å²) >= 11 is 0. The van der Waals surface area contributed by atoms with Gasteiger partial charge in [-0.15, -0.1) is 0 Å². The molecule has 31 heavy (non-hydrogen) atoms. The van der Waals surface area contributed by atoms with Crippen molar-refractivity contribution in [1.29, 1.82) is 0 Å². The topological polar surface area (TPSA) is 68.4 Å². The molecule has 5 rings (SSSR count). The first kappa shape index (κ1) is 19.5. The predicted molar refractivity (Wildman–Crippen MR) is 121 cm³/mol. The molecule has 1 amide bonds. The third kappa shape index (κ3) is 3.85. The monoisotopic (exact) mass is 414 g/mol. The highest BCUT2D eigenvalue weighted by Gasteiger charge is 2.17. The fourth-order valence-electron chi connectivity index (χ4n) is 4.62. The summed E-state index contributed by atoms with van der Waals surface area (Å²) in [6, 6.07) is 15.3. The van der Waals surface area contributed by atoms with Crippen LogP contribution in [-0.4, -0.2) is 25.9 Å². The van der Waals surface area contributed by atoms with E-state index in [4.69, 9.17) is 0 Å². The van der Waals surface area contributed by atoms with Gasteiger partial charge in [-0.2, -0.15) is 0 Å².